The summed E-state index contributed by atoms with van der Waals surface area (Å²) in [5.74, 6) is -0.228. The molecule has 1 aliphatic carbocycles. The van der Waals surface area contributed by atoms with Gasteiger partial charge < -0.3 is 11.1 Å². The summed E-state index contributed by atoms with van der Waals surface area (Å²) in [6, 6.07) is 6.10. The fourth-order valence-corrected chi connectivity index (χ4v) is 3.34. The van der Waals surface area contributed by atoms with Crippen LogP contribution in [-0.4, -0.2) is 20.9 Å². The summed E-state index contributed by atoms with van der Waals surface area (Å²) in [5.41, 5.74) is 5.36. The predicted octanol–water partition coefficient (Wildman–Crippen LogP) is 0.792. The molecule has 1 aromatic rings. The molecule has 20 heavy (non-hydrogen) atoms. The van der Waals surface area contributed by atoms with Crippen LogP contribution in [0.3, 0.4) is 0 Å². The molecule has 0 radical (unpaired) electrons. The maximum Gasteiger partial charge on any atom is 0.240 e. The van der Waals surface area contributed by atoms with Gasteiger partial charge in [0.05, 0.1) is 11.1 Å². The molecule has 0 heterocycles. The van der Waals surface area contributed by atoms with E-state index in [-0.39, 0.29) is 23.0 Å². The lowest BCUT2D eigenvalue weighted by atomic mass is 9.85. The van der Waals surface area contributed by atoms with Gasteiger partial charge in [-0.1, -0.05) is 25.0 Å². The first-order chi connectivity index (χ1) is 9.39. The summed E-state index contributed by atoms with van der Waals surface area (Å²) in [6.45, 7) is 0.260. The summed E-state index contributed by atoms with van der Waals surface area (Å²) >= 11 is 0. The molecule has 0 spiro atoms. The average molecular weight is 297 g/mol. The zero-order valence-corrected chi connectivity index (χ0v) is 11.9. The summed E-state index contributed by atoms with van der Waals surface area (Å²) in [7, 11) is -3.88. The first kappa shape index (κ1) is 15.0. The number of nitrogens with one attached hydrogen (secondary N) is 1. The predicted molar refractivity (Wildman–Crippen MR) is 76.4 cm³/mol. The Kier molecular flexibility index (Phi) is 4.12. The zero-order chi connectivity index (χ0) is 14.8. The van der Waals surface area contributed by atoms with Crippen molar-refractivity contribution in [3.63, 3.8) is 0 Å². The Bertz CT molecular complexity index is 607. The van der Waals surface area contributed by atoms with E-state index in [9.17, 15) is 13.2 Å². The highest BCUT2D eigenvalue weighted by Crippen LogP contribution is 2.38. The van der Waals surface area contributed by atoms with Gasteiger partial charge in [0.2, 0.25) is 15.9 Å². The van der Waals surface area contributed by atoms with Crippen LogP contribution >= 0.6 is 0 Å². The first-order valence-electron chi connectivity index (χ1n) is 6.52. The third-order valence-corrected chi connectivity index (χ3v) is 4.84. The summed E-state index contributed by atoms with van der Waals surface area (Å²) in [6.07, 6.45) is 3.38. The summed E-state index contributed by atoms with van der Waals surface area (Å²) in [5, 5.41) is 7.82. The van der Waals surface area contributed by atoms with Gasteiger partial charge in [0.25, 0.3) is 0 Å². The van der Waals surface area contributed by atoms with Gasteiger partial charge in [-0.25, -0.2) is 13.6 Å². The number of carbonyl (C=O) groups is 1. The van der Waals surface area contributed by atoms with Crippen molar-refractivity contribution in [1.82, 2.24) is 0 Å². The molecule has 1 amide bonds. The van der Waals surface area contributed by atoms with E-state index < -0.39 is 15.4 Å². The van der Waals surface area contributed by atoms with Crippen molar-refractivity contribution < 1.29 is 13.2 Å². The Balaban J connectivity index is 2.29. The monoisotopic (exact) mass is 297 g/mol. The number of benzene rings is 1. The zero-order valence-electron chi connectivity index (χ0n) is 11.1. The van der Waals surface area contributed by atoms with Crippen LogP contribution in [0.5, 0.6) is 0 Å². The molecule has 0 aliphatic heterocycles. The van der Waals surface area contributed by atoms with Crippen LogP contribution in [0.1, 0.15) is 25.7 Å². The molecule has 0 atom stereocenters. The van der Waals surface area contributed by atoms with Crippen molar-refractivity contribution in [2.24, 2.45) is 16.3 Å². The van der Waals surface area contributed by atoms with E-state index in [1.165, 1.54) is 12.1 Å². The number of primary sulfonamides is 1. The minimum Gasteiger partial charge on any atom is -0.329 e. The van der Waals surface area contributed by atoms with Crippen LogP contribution in [-0.2, 0) is 14.8 Å². The highest BCUT2D eigenvalue weighted by atomic mass is 32.2. The lowest BCUT2D eigenvalue weighted by Gasteiger charge is -2.26. The van der Waals surface area contributed by atoms with Gasteiger partial charge in [-0.2, -0.15) is 0 Å². The molecule has 6 nitrogen and oxygen atoms in total. The second-order valence-corrected chi connectivity index (χ2v) is 6.72. The normalized spacial score (nSPS) is 17.9. The minimum absolute atomic E-state index is 0.0847. The second kappa shape index (κ2) is 5.51. The molecule has 110 valence electrons. The molecule has 0 aromatic heterocycles. The Morgan fingerprint density at radius 1 is 1.25 bits per heavy atom. The van der Waals surface area contributed by atoms with Gasteiger partial charge >= 0.3 is 0 Å². The van der Waals surface area contributed by atoms with E-state index in [1.54, 1.807) is 12.1 Å². The number of nitrogens with two attached hydrogens (primary N) is 2. The number of para-hydroxylation sites is 1. The molecular formula is C13H19N3O3S. The molecule has 0 saturated heterocycles. The van der Waals surface area contributed by atoms with E-state index in [4.69, 9.17) is 10.9 Å². The van der Waals surface area contributed by atoms with Gasteiger partial charge in [0.15, 0.2) is 0 Å². The summed E-state index contributed by atoms with van der Waals surface area (Å²) in [4.78, 5) is 12.3. The van der Waals surface area contributed by atoms with Crippen molar-refractivity contribution >= 4 is 21.6 Å². The molecule has 7 heteroatoms. The number of rotatable bonds is 4. The smallest absolute Gasteiger partial charge is 0.240 e. The quantitative estimate of drug-likeness (QED) is 0.762. The second-order valence-electron chi connectivity index (χ2n) is 5.19. The maximum atomic E-state index is 12.4. The van der Waals surface area contributed by atoms with Crippen LogP contribution in [0.4, 0.5) is 5.69 Å². The van der Waals surface area contributed by atoms with Crippen LogP contribution in [0.25, 0.3) is 0 Å². The fraction of sp³-hybridized carbons (Fsp3) is 0.462. The minimum atomic E-state index is -3.88. The fourth-order valence-electron chi connectivity index (χ4n) is 2.65. The van der Waals surface area contributed by atoms with Crippen molar-refractivity contribution in [2.45, 2.75) is 30.6 Å². The third-order valence-electron chi connectivity index (χ3n) is 3.87. The van der Waals surface area contributed by atoms with Crippen molar-refractivity contribution in [3.05, 3.63) is 24.3 Å². The molecule has 5 N–H and O–H groups in total. The Morgan fingerprint density at radius 3 is 2.40 bits per heavy atom. The van der Waals surface area contributed by atoms with Gasteiger partial charge in [0.1, 0.15) is 4.90 Å². The van der Waals surface area contributed by atoms with Crippen molar-refractivity contribution in [2.75, 3.05) is 11.9 Å². The van der Waals surface area contributed by atoms with Crippen molar-refractivity contribution in [3.8, 4) is 0 Å². The summed E-state index contributed by atoms with van der Waals surface area (Å²) < 4.78 is 23.0. The van der Waals surface area contributed by atoms with Gasteiger partial charge in [-0.3, -0.25) is 4.79 Å². The van der Waals surface area contributed by atoms with Crippen LogP contribution in [0.2, 0.25) is 0 Å². The SMILES string of the molecule is NCC1(C(=O)Nc2ccccc2S(N)(=O)=O)CCCC1. The van der Waals surface area contributed by atoms with Crippen LogP contribution in [0, 0.1) is 5.41 Å². The Hall–Kier alpha value is -1.44. The van der Waals surface area contributed by atoms with E-state index in [1.807, 2.05) is 0 Å². The van der Waals surface area contributed by atoms with Gasteiger partial charge in [-0.05, 0) is 25.0 Å². The lowest BCUT2D eigenvalue weighted by molar-refractivity contribution is -0.124. The molecule has 0 bridgehead atoms. The number of hydrogen-bond acceptors (Lipinski definition) is 4. The molecular weight excluding hydrogens is 278 g/mol. The number of amides is 1. The average Bonchev–Trinajstić information content (AvgIpc) is 2.88. The number of hydrogen-bond donors (Lipinski definition) is 3. The van der Waals surface area contributed by atoms with Gasteiger partial charge in [0, 0.05) is 6.54 Å². The molecule has 1 aromatic carbocycles. The highest BCUT2D eigenvalue weighted by Gasteiger charge is 2.40. The molecule has 2 rings (SSSR count). The Labute approximate surface area is 118 Å². The number of carbonyl (C=O) groups excluding carboxylic acids is 1. The van der Waals surface area contributed by atoms with Gasteiger partial charge in [-0.15, -0.1) is 0 Å². The molecule has 1 aliphatic rings. The Morgan fingerprint density at radius 2 is 1.85 bits per heavy atom. The van der Waals surface area contributed by atoms with E-state index in [2.05, 4.69) is 5.32 Å². The number of anilines is 1. The van der Waals surface area contributed by atoms with Crippen molar-refractivity contribution in [1.29, 1.82) is 0 Å². The van der Waals surface area contributed by atoms with E-state index in [0.717, 1.165) is 25.7 Å². The number of sulfonamides is 1. The first-order valence-corrected chi connectivity index (χ1v) is 8.07. The van der Waals surface area contributed by atoms with Crippen LogP contribution < -0.4 is 16.2 Å². The molecule has 0 unspecified atom stereocenters. The van der Waals surface area contributed by atoms with E-state index >= 15 is 0 Å². The topological polar surface area (TPSA) is 115 Å². The lowest BCUT2D eigenvalue weighted by Crippen LogP contribution is -2.40. The third kappa shape index (κ3) is 2.84. The highest BCUT2D eigenvalue weighted by molar-refractivity contribution is 7.89. The molecule has 1 fully saturated rings. The largest absolute Gasteiger partial charge is 0.329 e. The van der Waals surface area contributed by atoms with E-state index in [0.29, 0.717) is 0 Å². The molecule has 1 saturated carbocycles. The van der Waals surface area contributed by atoms with Crippen LogP contribution in [0.15, 0.2) is 29.2 Å². The standard InChI is InChI=1S/C13H19N3O3S/c14-9-13(7-3-4-8-13)12(17)16-10-5-1-2-6-11(10)20(15,18)19/h1-2,5-6H,3-4,7-9,14H2,(H,16,17)(H2,15,18,19). The maximum absolute atomic E-state index is 12.4.